The predicted octanol–water partition coefficient (Wildman–Crippen LogP) is 4.01. The number of pyridine rings is 1. The number of hydrogen-bond acceptors (Lipinski definition) is 3. The molecule has 0 aliphatic rings. The van der Waals surface area contributed by atoms with Crippen LogP contribution >= 0.6 is 0 Å². The van der Waals surface area contributed by atoms with Crippen LogP contribution in [-0.4, -0.2) is 12.0 Å². The van der Waals surface area contributed by atoms with Gasteiger partial charge in [0.25, 0.3) is 0 Å². The SMILES string of the molecule is CN(c1cccc(F)c1)c1nc2ccccc2cc1C#N. The number of nitrogens with zero attached hydrogens (tertiary/aromatic N) is 3. The Labute approximate surface area is 121 Å². The zero-order valence-corrected chi connectivity index (χ0v) is 11.4. The van der Waals surface area contributed by atoms with E-state index in [2.05, 4.69) is 11.1 Å². The summed E-state index contributed by atoms with van der Waals surface area (Å²) in [7, 11) is 1.77. The van der Waals surface area contributed by atoms with Crippen molar-refractivity contribution in [1.82, 2.24) is 4.98 Å². The number of para-hydroxylation sites is 1. The predicted molar refractivity (Wildman–Crippen MR) is 80.9 cm³/mol. The summed E-state index contributed by atoms with van der Waals surface area (Å²) >= 11 is 0. The minimum atomic E-state index is -0.321. The minimum absolute atomic E-state index is 0.321. The van der Waals surface area contributed by atoms with Gasteiger partial charge in [0.1, 0.15) is 11.9 Å². The molecule has 4 heteroatoms. The van der Waals surface area contributed by atoms with Gasteiger partial charge in [-0.2, -0.15) is 5.26 Å². The summed E-state index contributed by atoms with van der Waals surface area (Å²) in [6, 6.07) is 17.8. The van der Waals surface area contributed by atoms with Gasteiger partial charge in [-0.05, 0) is 30.3 Å². The number of rotatable bonds is 2. The monoisotopic (exact) mass is 277 g/mol. The first kappa shape index (κ1) is 13.1. The van der Waals surface area contributed by atoms with Crippen LogP contribution < -0.4 is 4.90 Å². The first-order chi connectivity index (χ1) is 10.2. The van der Waals surface area contributed by atoms with Crippen molar-refractivity contribution >= 4 is 22.4 Å². The average molecular weight is 277 g/mol. The fraction of sp³-hybridized carbons (Fsp3) is 0.0588. The van der Waals surface area contributed by atoms with E-state index in [4.69, 9.17) is 0 Å². The van der Waals surface area contributed by atoms with Crippen molar-refractivity contribution in [2.45, 2.75) is 0 Å². The maximum absolute atomic E-state index is 13.4. The maximum Gasteiger partial charge on any atom is 0.151 e. The third-order valence-electron chi connectivity index (χ3n) is 3.34. The fourth-order valence-electron chi connectivity index (χ4n) is 2.25. The lowest BCUT2D eigenvalue weighted by Crippen LogP contribution is -2.13. The highest BCUT2D eigenvalue weighted by atomic mass is 19.1. The third kappa shape index (κ3) is 2.41. The van der Waals surface area contributed by atoms with Crippen molar-refractivity contribution in [3.05, 3.63) is 66.0 Å². The van der Waals surface area contributed by atoms with Gasteiger partial charge in [0, 0.05) is 18.1 Å². The van der Waals surface area contributed by atoms with Crippen LogP contribution in [0.15, 0.2) is 54.6 Å². The minimum Gasteiger partial charge on any atom is -0.328 e. The first-order valence-corrected chi connectivity index (χ1v) is 6.48. The number of hydrogen-bond donors (Lipinski definition) is 0. The van der Waals surface area contributed by atoms with Crippen molar-refractivity contribution < 1.29 is 4.39 Å². The summed E-state index contributed by atoms with van der Waals surface area (Å²) in [5.74, 6) is 0.195. The molecule has 3 nitrogen and oxygen atoms in total. The van der Waals surface area contributed by atoms with Crippen LogP contribution in [0.25, 0.3) is 10.9 Å². The second-order valence-electron chi connectivity index (χ2n) is 4.70. The molecule has 0 radical (unpaired) electrons. The molecule has 1 aromatic heterocycles. The van der Waals surface area contributed by atoms with Gasteiger partial charge in [-0.1, -0.05) is 24.3 Å². The topological polar surface area (TPSA) is 39.9 Å². The second kappa shape index (κ2) is 5.22. The Kier molecular flexibility index (Phi) is 3.25. The van der Waals surface area contributed by atoms with Crippen LogP contribution in [0.2, 0.25) is 0 Å². The maximum atomic E-state index is 13.4. The number of halogens is 1. The van der Waals surface area contributed by atoms with Gasteiger partial charge in [-0.25, -0.2) is 9.37 Å². The molecule has 0 aliphatic heterocycles. The van der Waals surface area contributed by atoms with Crippen LogP contribution in [-0.2, 0) is 0 Å². The summed E-state index contributed by atoms with van der Waals surface area (Å²) in [5, 5.41) is 10.2. The smallest absolute Gasteiger partial charge is 0.151 e. The number of fused-ring (bicyclic) bond motifs is 1. The van der Waals surface area contributed by atoms with Gasteiger partial charge in [-0.3, -0.25) is 0 Å². The van der Waals surface area contributed by atoms with Crippen molar-refractivity contribution in [2.24, 2.45) is 0 Å². The third-order valence-corrected chi connectivity index (χ3v) is 3.34. The van der Waals surface area contributed by atoms with Gasteiger partial charge in [0.2, 0.25) is 0 Å². The normalized spacial score (nSPS) is 10.3. The molecule has 0 saturated carbocycles. The molecule has 21 heavy (non-hydrogen) atoms. The Bertz CT molecular complexity index is 852. The van der Waals surface area contributed by atoms with Crippen molar-refractivity contribution in [2.75, 3.05) is 11.9 Å². The number of nitriles is 1. The lowest BCUT2D eigenvalue weighted by Gasteiger charge is -2.20. The number of anilines is 2. The Morgan fingerprint density at radius 2 is 1.90 bits per heavy atom. The summed E-state index contributed by atoms with van der Waals surface area (Å²) < 4.78 is 13.4. The molecule has 1 heterocycles. The summed E-state index contributed by atoms with van der Waals surface area (Å²) in [5.41, 5.74) is 1.91. The molecule has 0 unspecified atom stereocenters. The summed E-state index contributed by atoms with van der Waals surface area (Å²) in [6.07, 6.45) is 0. The molecule has 3 aromatic rings. The zero-order chi connectivity index (χ0) is 14.8. The quantitative estimate of drug-likeness (QED) is 0.710. The number of benzene rings is 2. The largest absolute Gasteiger partial charge is 0.328 e. The summed E-state index contributed by atoms with van der Waals surface area (Å²) in [6.45, 7) is 0. The Balaban J connectivity index is 2.17. The highest BCUT2D eigenvalue weighted by Gasteiger charge is 2.13. The van der Waals surface area contributed by atoms with Crippen LogP contribution in [0.5, 0.6) is 0 Å². The lowest BCUT2D eigenvalue weighted by atomic mass is 10.1. The van der Waals surface area contributed by atoms with Crippen molar-refractivity contribution in [3.8, 4) is 6.07 Å². The molecular weight excluding hydrogens is 265 g/mol. The average Bonchev–Trinajstić information content (AvgIpc) is 2.53. The molecule has 102 valence electrons. The fourth-order valence-corrected chi connectivity index (χ4v) is 2.25. The molecule has 0 fully saturated rings. The molecule has 0 saturated heterocycles. The molecule has 0 N–H and O–H groups in total. The van der Waals surface area contributed by atoms with Gasteiger partial charge in [0.05, 0.1) is 11.1 Å². The van der Waals surface area contributed by atoms with Crippen LogP contribution in [0, 0.1) is 17.1 Å². The van der Waals surface area contributed by atoms with E-state index in [0.717, 1.165) is 10.9 Å². The Morgan fingerprint density at radius 3 is 2.67 bits per heavy atom. The van der Waals surface area contributed by atoms with Gasteiger partial charge in [0.15, 0.2) is 5.82 Å². The van der Waals surface area contributed by atoms with E-state index >= 15 is 0 Å². The second-order valence-corrected chi connectivity index (χ2v) is 4.70. The van der Waals surface area contributed by atoms with Gasteiger partial charge >= 0.3 is 0 Å². The van der Waals surface area contributed by atoms with E-state index in [1.165, 1.54) is 12.1 Å². The van der Waals surface area contributed by atoms with E-state index in [0.29, 0.717) is 17.1 Å². The van der Waals surface area contributed by atoms with Crippen LogP contribution in [0.4, 0.5) is 15.9 Å². The molecular formula is C17H12FN3. The molecule has 0 bridgehead atoms. The Morgan fingerprint density at radius 1 is 1.10 bits per heavy atom. The molecule has 0 amide bonds. The molecule has 3 rings (SSSR count). The van der Waals surface area contributed by atoms with Gasteiger partial charge < -0.3 is 4.90 Å². The number of aromatic nitrogens is 1. The zero-order valence-electron chi connectivity index (χ0n) is 11.4. The molecule has 2 aromatic carbocycles. The molecule has 0 aliphatic carbocycles. The van der Waals surface area contributed by atoms with E-state index in [1.54, 1.807) is 30.1 Å². The highest BCUT2D eigenvalue weighted by Crippen LogP contribution is 2.28. The van der Waals surface area contributed by atoms with E-state index in [-0.39, 0.29) is 5.82 Å². The van der Waals surface area contributed by atoms with E-state index in [9.17, 15) is 9.65 Å². The molecule has 0 spiro atoms. The van der Waals surface area contributed by atoms with E-state index in [1.807, 2.05) is 24.3 Å². The van der Waals surface area contributed by atoms with Crippen LogP contribution in [0.3, 0.4) is 0 Å². The van der Waals surface area contributed by atoms with E-state index < -0.39 is 0 Å². The Hall–Kier alpha value is -2.93. The lowest BCUT2D eigenvalue weighted by molar-refractivity contribution is 0.628. The standard InChI is InChI=1S/C17H12FN3/c1-21(15-7-4-6-14(18)10-15)17-13(11-19)9-12-5-2-3-8-16(12)20-17/h2-10H,1H3. The first-order valence-electron chi connectivity index (χ1n) is 6.48. The summed E-state index contributed by atoms with van der Waals surface area (Å²) in [4.78, 5) is 6.25. The van der Waals surface area contributed by atoms with Crippen molar-refractivity contribution in [1.29, 1.82) is 5.26 Å². The highest BCUT2D eigenvalue weighted by molar-refractivity contribution is 5.84. The van der Waals surface area contributed by atoms with Crippen molar-refractivity contribution in [3.63, 3.8) is 0 Å². The molecule has 0 atom stereocenters. The van der Waals surface area contributed by atoms with Crippen LogP contribution in [0.1, 0.15) is 5.56 Å². The van der Waals surface area contributed by atoms with Gasteiger partial charge in [-0.15, -0.1) is 0 Å².